The van der Waals surface area contributed by atoms with Crippen LogP contribution in [0.1, 0.15) is 13.3 Å². The van der Waals surface area contributed by atoms with Gasteiger partial charge in [-0.2, -0.15) is 0 Å². The molecule has 66 valence electrons. The Morgan fingerprint density at radius 1 is 1.67 bits per heavy atom. The largest absolute Gasteiger partial charge is 0.469 e. The second kappa shape index (κ2) is 5.19. The minimum Gasteiger partial charge on any atom is -0.469 e. The highest BCUT2D eigenvalue weighted by Gasteiger charge is 2.11. The van der Waals surface area contributed by atoms with Gasteiger partial charge in [0, 0.05) is 6.92 Å². The zero-order chi connectivity index (χ0) is 9.56. The SMILES string of the molecule is C#CC(CC(=O)OC)NC(C)=O. The van der Waals surface area contributed by atoms with Crippen molar-refractivity contribution in [3.05, 3.63) is 0 Å². The van der Waals surface area contributed by atoms with Gasteiger partial charge in [-0.05, 0) is 0 Å². The topological polar surface area (TPSA) is 55.4 Å². The molecular formula is C8H11NO3. The second-order valence-electron chi connectivity index (χ2n) is 2.20. The molecule has 0 aliphatic rings. The third-order valence-electron chi connectivity index (χ3n) is 1.18. The van der Waals surface area contributed by atoms with Gasteiger partial charge in [0.1, 0.15) is 6.04 Å². The normalized spacial score (nSPS) is 11.1. The van der Waals surface area contributed by atoms with E-state index in [1.165, 1.54) is 14.0 Å². The number of amides is 1. The summed E-state index contributed by atoms with van der Waals surface area (Å²) in [7, 11) is 1.27. The fourth-order valence-corrected chi connectivity index (χ4v) is 0.647. The summed E-state index contributed by atoms with van der Waals surface area (Å²) in [4.78, 5) is 21.2. The van der Waals surface area contributed by atoms with E-state index in [2.05, 4.69) is 16.0 Å². The van der Waals surface area contributed by atoms with Gasteiger partial charge >= 0.3 is 5.97 Å². The highest BCUT2D eigenvalue weighted by Crippen LogP contribution is 1.92. The molecule has 1 N–H and O–H groups in total. The Kier molecular flexibility index (Phi) is 4.54. The number of carbonyl (C=O) groups is 2. The average Bonchev–Trinajstić information content (AvgIpc) is 2.02. The number of methoxy groups -OCH3 is 1. The lowest BCUT2D eigenvalue weighted by molar-refractivity contribution is -0.140. The number of hydrogen-bond donors (Lipinski definition) is 1. The summed E-state index contributed by atoms with van der Waals surface area (Å²) < 4.78 is 4.38. The van der Waals surface area contributed by atoms with E-state index in [1.54, 1.807) is 0 Å². The van der Waals surface area contributed by atoms with Crippen molar-refractivity contribution >= 4 is 11.9 Å². The lowest BCUT2D eigenvalue weighted by atomic mass is 10.2. The van der Waals surface area contributed by atoms with E-state index in [9.17, 15) is 9.59 Å². The van der Waals surface area contributed by atoms with E-state index in [-0.39, 0.29) is 12.3 Å². The molecule has 0 heterocycles. The third kappa shape index (κ3) is 4.34. The minimum atomic E-state index is -0.574. The van der Waals surface area contributed by atoms with E-state index < -0.39 is 12.0 Å². The molecule has 1 atom stereocenters. The monoisotopic (exact) mass is 169 g/mol. The smallest absolute Gasteiger partial charge is 0.308 e. The number of esters is 1. The highest BCUT2D eigenvalue weighted by molar-refractivity contribution is 5.76. The second-order valence-corrected chi connectivity index (χ2v) is 2.20. The Bertz CT molecular complexity index is 217. The number of ether oxygens (including phenoxy) is 1. The number of terminal acetylenes is 1. The molecule has 0 aliphatic heterocycles. The van der Waals surface area contributed by atoms with Crippen molar-refractivity contribution in [3.63, 3.8) is 0 Å². The van der Waals surface area contributed by atoms with Crippen molar-refractivity contribution in [2.75, 3.05) is 7.11 Å². The molecule has 0 aliphatic carbocycles. The van der Waals surface area contributed by atoms with Crippen molar-refractivity contribution in [1.82, 2.24) is 5.32 Å². The molecule has 0 aromatic carbocycles. The molecule has 0 rings (SSSR count). The molecule has 0 fully saturated rings. The summed E-state index contributed by atoms with van der Waals surface area (Å²) >= 11 is 0. The Labute approximate surface area is 71.3 Å². The van der Waals surface area contributed by atoms with Gasteiger partial charge in [-0.15, -0.1) is 6.42 Å². The van der Waals surface area contributed by atoms with Crippen LogP contribution in [0.25, 0.3) is 0 Å². The highest BCUT2D eigenvalue weighted by atomic mass is 16.5. The Hall–Kier alpha value is -1.50. The van der Waals surface area contributed by atoms with Crippen LogP contribution in [0, 0.1) is 12.3 Å². The van der Waals surface area contributed by atoms with Crippen LogP contribution in [-0.2, 0) is 14.3 Å². The van der Waals surface area contributed by atoms with Crippen molar-refractivity contribution in [2.45, 2.75) is 19.4 Å². The van der Waals surface area contributed by atoms with Crippen LogP contribution in [0.15, 0.2) is 0 Å². The van der Waals surface area contributed by atoms with Gasteiger partial charge in [-0.3, -0.25) is 9.59 Å². The molecule has 4 heteroatoms. The maximum Gasteiger partial charge on any atom is 0.308 e. The van der Waals surface area contributed by atoms with E-state index in [0.717, 1.165) is 0 Å². The average molecular weight is 169 g/mol. The quantitative estimate of drug-likeness (QED) is 0.465. The first kappa shape index (κ1) is 10.5. The molecule has 0 saturated heterocycles. The molecule has 0 saturated carbocycles. The van der Waals surface area contributed by atoms with Gasteiger partial charge in [-0.25, -0.2) is 0 Å². The summed E-state index contributed by atoms with van der Waals surface area (Å²) in [5.41, 5.74) is 0. The number of rotatable bonds is 3. The number of hydrogen-bond acceptors (Lipinski definition) is 3. The van der Waals surface area contributed by atoms with Crippen LogP contribution in [0.5, 0.6) is 0 Å². The molecule has 4 nitrogen and oxygen atoms in total. The van der Waals surface area contributed by atoms with Gasteiger partial charge in [0.2, 0.25) is 5.91 Å². The molecule has 0 spiro atoms. The first-order valence-corrected chi connectivity index (χ1v) is 3.40. The van der Waals surface area contributed by atoms with Gasteiger partial charge in [0.15, 0.2) is 0 Å². The first-order valence-electron chi connectivity index (χ1n) is 3.40. The first-order chi connectivity index (χ1) is 5.60. The maximum atomic E-state index is 10.7. The fourth-order valence-electron chi connectivity index (χ4n) is 0.647. The van der Waals surface area contributed by atoms with Crippen LogP contribution in [0.4, 0.5) is 0 Å². The molecule has 0 radical (unpaired) electrons. The Balaban J connectivity index is 3.93. The summed E-state index contributed by atoms with van der Waals surface area (Å²) in [5.74, 6) is 1.57. The van der Waals surface area contributed by atoms with Gasteiger partial charge in [0.25, 0.3) is 0 Å². The van der Waals surface area contributed by atoms with Gasteiger partial charge in [0.05, 0.1) is 13.5 Å². The standard InChI is InChI=1S/C8H11NO3/c1-4-7(9-6(2)10)5-8(11)12-3/h1,7H,5H2,2-3H3,(H,9,10). The van der Waals surface area contributed by atoms with Crippen molar-refractivity contribution in [1.29, 1.82) is 0 Å². The third-order valence-corrected chi connectivity index (χ3v) is 1.18. The number of nitrogens with one attached hydrogen (secondary N) is 1. The summed E-state index contributed by atoms with van der Waals surface area (Å²) in [6.45, 7) is 1.33. The molecule has 0 aromatic heterocycles. The van der Waals surface area contributed by atoms with E-state index in [1.807, 2.05) is 0 Å². The molecule has 1 amide bonds. The van der Waals surface area contributed by atoms with Crippen LogP contribution < -0.4 is 5.32 Å². The van der Waals surface area contributed by atoms with Gasteiger partial charge < -0.3 is 10.1 Å². The van der Waals surface area contributed by atoms with Gasteiger partial charge in [-0.1, -0.05) is 5.92 Å². The lowest BCUT2D eigenvalue weighted by Crippen LogP contribution is -2.33. The summed E-state index contributed by atoms with van der Waals surface area (Å²) in [6.07, 6.45) is 5.06. The van der Waals surface area contributed by atoms with Crippen LogP contribution in [-0.4, -0.2) is 25.0 Å². The maximum absolute atomic E-state index is 10.7. The van der Waals surface area contributed by atoms with Crippen LogP contribution in [0.3, 0.4) is 0 Å². The Morgan fingerprint density at radius 2 is 2.25 bits per heavy atom. The zero-order valence-electron chi connectivity index (χ0n) is 7.09. The minimum absolute atomic E-state index is 0.00653. The molecule has 1 unspecified atom stereocenters. The summed E-state index contributed by atoms with van der Waals surface area (Å²) in [5, 5.41) is 2.42. The van der Waals surface area contributed by atoms with E-state index in [4.69, 9.17) is 6.42 Å². The molecule has 0 aromatic rings. The predicted molar refractivity (Wildman–Crippen MR) is 43.1 cm³/mol. The van der Waals surface area contributed by atoms with Crippen molar-refractivity contribution < 1.29 is 14.3 Å². The van der Waals surface area contributed by atoms with E-state index >= 15 is 0 Å². The zero-order valence-corrected chi connectivity index (χ0v) is 7.09. The lowest BCUT2D eigenvalue weighted by Gasteiger charge is -2.08. The molecule has 0 bridgehead atoms. The Morgan fingerprint density at radius 3 is 2.58 bits per heavy atom. The van der Waals surface area contributed by atoms with Crippen molar-refractivity contribution in [2.24, 2.45) is 0 Å². The molecule has 12 heavy (non-hydrogen) atoms. The van der Waals surface area contributed by atoms with E-state index in [0.29, 0.717) is 0 Å². The van der Waals surface area contributed by atoms with Crippen molar-refractivity contribution in [3.8, 4) is 12.3 Å². The van der Waals surface area contributed by atoms with Crippen LogP contribution in [0.2, 0.25) is 0 Å². The summed E-state index contributed by atoms with van der Waals surface area (Å²) in [6, 6.07) is -0.574. The molecular weight excluding hydrogens is 158 g/mol. The van der Waals surface area contributed by atoms with Crippen LogP contribution >= 0.6 is 0 Å². The number of carbonyl (C=O) groups excluding carboxylic acids is 2. The predicted octanol–water partition coefficient (Wildman–Crippen LogP) is -0.313. The fraction of sp³-hybridized carbons (Fsp3) is 0.500.